The van der Waals surface area contributed by atoms with Crippen molar-refractivity contribution in [3.63, 3.8) is 0 Å². The second-order valence-corrected chi connectivity index (χ2v) is 5.25. The van der Waals surface area contributed by atoms with E-state index in [1.807, 2.05) is 13.8 Å². The summed E-state index contributed by atoms with van der Waals surface area (Å²) in [5.41, 5.74) is 10.0. The summed E-state index contributed by atoms with van der Waals surface area (Å²) in [6.45, 7) is 9.95. The molecule has 0 saturated heterocycles. The second kappa shape index (κ2) is 5.01. The molecule has 0 saturated carbocycles. The van der Waals surface area contributed by atoms with Crippen LogP contribution in [0.2, 0.25) is 0 Å². The molecule has 0 aliphatic carbocycles. The summed E-state index contributed by atoms with van der Waals surface area (Å²) in [6, 6.07) is 4.24. The van der Waals surface area contributed by atoms with E-state index < -0.39 is 5.54 Å². The molecule has 1 aromatic rings. The monoisotopic (exact) mass is 233 g/mol. The van der Waals surface area contributed by atoms with E-state index in [4.69, 9.17) is 5.73 Å². The number of Topliss-reactive ketones (excluding diaryl/α,β-unsaturated/α-hetero) is 1. The van der Waals surface area contributed by atoms with Crippen molar-refractivity contribution in [2.24, 2.45) is 5.73 Å². The van der Waals surface area contributed by atoms with Crippen LogP contribution in [-0.2, 0) is 11.2 Å². The van der Waals surface area contributed by atoms with Crippen molar-refractivity contribution in [2.45, 2.75) is 53.0 Å². The smallest absolute Gasteiger partial charge is 0.156 e. The van der Waals surface area contributed by atoms with Gasteiger partial charge in [-0.05, 0) is 50.8 Å². The lowest BCUT2D eigenvalue weighted by atomic mass is 9.87. The minimum Gasteiger partial charge on any atom is -0.319 e. The van der Waals surface area contributed by atoms with Gasteiger partial charge in [0, 0.05) is 6.42 Å². The maximum Gasteiger partial charge on any atom is 0.156 e. The number of ketones is 1. The van der Waals surface area contributed by atoms with Gasteiger partial charge in [0.1, 0.15) is 0 Å². The van der Waals surface area contributed by atoms with Crippen molar-refractivity contribution in [3.05, 3.63) is 34.4 Å². The van der Waals surface area contributed by atoms with E-state index in [0.717, 1.165) is 5.56 Å². The standard InChI is InChI=1S/C15H23NO/c1-6-15(5,16)14(17)9-13-11(3)7-10(2)8-12(13)4/h7-8H,6,9,16H2,1-5H3. The van der Waals surface area contributed by atoms with Crippen LogP contribution in [0.5, 0.6) is 0 Å². The van der Waals surface area contributed by atoms with Crippen molar-refractivity contribution in [2.75, 3.05) is 0 Å². The lowest BCUT2D eigenvalue weighted by molar-refractivity contribution is -0.123. The van der Waals surface area contributed by atoms with E-state index in [2.05, 4.69) is 32.9 Å². The van der Waals surface area contributed by atoms with Crippen LogP contribution in [-0.4, -0.2) is 11.3 Å². The third-order valence-corrected chi connectivity index (χ3v) is 3.55. The second-order valence-electron chi connectivity index (χ2n) is 5.25. The van der Waals surface area contributed by atoms with Crippen molar-refractivity contribution < 1.29 is 4.79 Å². The average molecular weight is 233 g/mol. The van der Waals surface area contributed by atoms with Gasteiger partial charge in [0.05, 0.1) is 5.54 Å². The van der Waals surface area contributed by atoms with Crippen LogP contribution in [0.15, 0.2) is 12.1 Å². The van der Waals surface area contributed by atoms with Gasteiger partial charge >= 0.3 is 0 Å². The highest BCUT2D eigenvalue weighted by atomic mass is 16.1. The SMILES string of the molecule is CCC(C)(N)C(=O)Cc1c(C)cc(C)cc1C. The molecule has 0 spiro atoms. The maximum absolute atomic E-state index is 12.1. The summed E-state index contributed by atoms with van der Waals surface area (Å²) in [5, 5.41) is 0. The fourth-order valence-electron chi connectivity index (χ4n) is 2.05. The molecule has 0 bridgehead atoms. The molecular weight excluding hydrogens is 210 g/mol. The third kappa shape index (κ3) is 3.16. The Morgan fingerprint density at radius 3 is 2.12 bits per heavy atom. The fourth-order valence-corrected chi connectivity index (χ4v) is 2.05. The topological polar surface area (TPSA) is 43.1 Å². The van der Waals surface area contributed by atoms with Crippen LogP contribution < -0.4 is 5.73 Å². The molecule has 0 radical (unpaired) electrons. The van der Waals surface area contributed by atoms with Gasteiger partial charge in [-0.15, -0.1) is 0 Å². The van der Waals surface area contributed by atoms with Gasteiger partial charge in [-0.1, -0.05) is 24.6 Å². The van der Waals surface area contributed by atoms with Gasteiger partial charge in [-0.3, -0.25) is 4.79 Å². The molecule has 0 aliphatic heterocycles. The molecule has 0 aromatic heterocycles. The molecule has 1 atom stereocenters. The van der Waals surface area contributed by atoms with Crippen LogP contribution in [0.1, 0.15) is 42.5 Å². The van der Waals surface area contributed by atoms with Gasteiger partial charge < -0.3 is 5.73 Å². The molecule has 2 N–H and O–H groups in total. The zero-order valence-electron chi connectivity index (χ0n) is 11.6. The van der Waals surface area contributed by atoms with Crippen LogP contribution >= 0.6 is 0 Å². The molecule has 2 nitrogen and oxygen atoms in total. The van der Waals surface area contributed by atoms with Crippen molar-refractivity contribution in [3.8, 4) is 0 Å². The molecule has 1 rings (SSSR count). The Hall–Kier alpha value is -1.15. The number of aryl methyl sites for hydroxylation is 3. The van der Waals surface area contributed by atoms with Crippen LogP contribution in [0.25, 0.3) is 0 Å². The van der Waals surface area contributed by atoms with E-state index in [1.165, 1.54) is 16.7 Å². The highest BCUT2D eigenvalue weighted by Crippen LogP contribution is 2.19. The molecule has 1 aromatic carbocycles. The molecule has 0 fully saturated rings. The van der Waals surface area contributed by atoms with E-state index >= 15 is 0 Å². The summed E-state index contributed by atoms with van der Waals surface area (Å²) in [6.07, 6.45) is 1.12. The minimum absolute atomic E-state index is 0.120. The largest absolute Gasteiger partial charge is 0.319 e. The molecule has 17 heavy (non-hydrogen) atoms. The zero-order chi connectivity index (χ0) is 13.2. The predicted molar refractivity (Wildman–Crippen MR) is 72.2 cm³/mol. The zero-order valence-corrected chi connectivity index (χ0v) is 11.6. The van der Waals surface area contributed by atoms with Gasteiger partial charge in [-0.2, -0.15) is 0 Å². The Balaban J connectivity index is 3.01. The Labute approximate surface area is 104 Å². The molecule has 1 unspecified atom stereocenters. The number of hydrogen-bond donors (Lipinski definition) is 1. The molecule has 0 aliphatic rings. The van der Waals surface area contributed by atoms with Crippen LogP contribution in [0.3, 0.4) is 0 Å². The average Bonchev–Trinajstić information content (AvgIpc) is 2.22. The normalized spacial score (nSPS) is 14.5. The predicted octanol–water partition coefficient (Wildman–Crippen LogP) is 2.85. The minimum atomic E-state index is -0.705. The van der Waals surface area contributed by atoms with E-state index in [-0.39, 0.29) is 5.78 Å². The maximum atomic E-state index is 12.1. The first kappa shape index (κ1) is 13.9. The first-order chi connectivity index (χ1) is 7.77. The number of hydrogen-bond acceptors (Lipinski definition) is 2. The Morgan fingerprint density at radius 2 is 1.71 bits per heavy atom. The molecule has 94 valence electrons. The summed E-state index contributed by atoms with van der Waals surface area (Å²) in [4.78, 5) is 12.1. The quantitative estimate of drug-likeness (QED) is 0.869. The Morgan fingerprint density at radius 1 is 1.24 bits per heavy atom. The van der Waals surface area contributed by atoms with Gasteiger partial charge in [0.15, 0.2) is 5.78 Å². The third-order valence-electron chi connectivity index (χ3n) is 3.55. The fraction of sp³-hybridized carbons (Fsp3) is 0.533. The van der Waals surface area contributed by atoms with Crippen molar-refractivity contribution in [1.29, 1.82) is 0 Å². The van der Waals surface area contributed by atoms with Crippen LogP contribution in [0.4, 0.5) is 0 Å². The Bertz CT molecular complexity index is 410. The van der Waals surface area contributed by atoms with Gasteiger partial charge in [0.25, 0.3) is 0 Å². The molecular formula is C15H23NO. The summed E-state index contributed by atoms with van der Waals surface area (Å²) < 4.78 is 0. The highest BCUT2D eigenvalue weighted by molar-refractivity contribution is 5.90. The number of benzene rings is 1. The number of rotatable bonds is 4. The molecule has 0 heterocycles. The molecule has 0 amide bonds. The van der Waals surface area contributed by atoms with Crippen LogP contribution in [0, 0.1) is 20.8 Å². The van der Waals surface area contributed by atoms with Gasteiger partial charge in [-0.25, -0.2) is 0 Å². The molecule has 2 heteroatoms. The summed E-state index contributed by atoms with van der Waals surface area (Å²) in [5.74, 6) is 0.120. The van der Waals surface area contributed by atoms with Crippen molar-refractivity contribution in [1.82, 2.24) is 0 Å². The Kier molecular flexibility index (Phi) is 4.10. The van der Waals surface area contributed by atoms with Crippen molar-refractivity contribution >= 4 is 5.78 Å². The summed E-state index contributed by atoms with van der Waals surface area (Å²) in [7, 11) is 0. The lowest BCUT2D eigenvalue weighted by Crippen LogP contribution is -2.45. The summed E-state index contributed by atoms with van der Waals surface area (Å²) >= 11 is 0. The first-order valence-corrected chi connectivity index (χ1v) is 6.17. The van der Waals surface area contributed by atoms with E-state index in [0.29, 0.717) is 12.8 Å². The number of carbonyl (C=O) groups is 1. The van der Waals surface area contributed by atoms with Gasteiger partial charge in [0.2, 0.25) is 0 Å². The highest BCUT2D eigenvalue weighted by Gasteiger charge is 2.26. The van der Waals surface area contributed by atoms with E-state index in [9.17, 15) is 4.79 Å². The first-order valence-electron chi connectivity index (χ1n) is 6.17. The lowest BCUT2D eigenvalue weighted by Gasteiger charge is -2.22. The number of carbonyl (C=O) groups excluding carboxylic acids is 1. The van der Waals surface area contributed by atoms with E-state index in [1.54, 1.807) is 0 Å². The number of nitrogens with two attached hydrogens (primary N) is 1.